The van der Waals surface area contributed by atoms with E-state index in [4.69, 9.17) is 10.5 Å². The third-order valence-corrected chi connectivity index (χ3v) is 4.12. The van der Waals surface area contributed by atoms with Crippen molar-refractivity contribution in [2.45, 2.75) is 11.8 Å². The molecule has 0 aliphatic rings. The van der Waals surface area contributed by atoms with Gasteiger partial charge in [-0.25, -0.2) is 13.4 Å². The first-order valence-electron chi connectivity index (χ1n) is 5.86. The molecule has 0 fully saturated rings. The standard InChI is InChI=1S/C14H10N4O2S/c1-10-2-3-11(7-15)6-14(10)18-21(19,20)13-5-4-12(8-16)17-9-13/h2-6,9,18H,1H3. The lowest BCUT2D eigenvalue weighted by atomic mass is 10.1. The van der Waals surface area contributed by atoms with E-state index in [0.717, 1.165) is 6.20 Å². The highest BCUT2D eigenvalue weighted by Crippen LogP contribution is 2.20. The van der Waals surface area contributed by atoms with Gasteiger partial charge in [-0.15, -0.1) is 0 Å². The third-order valence-electron chi connectivity index (χ3n) is 2.77. The van der Waals surface area contributed by atoms with E-state index in [9.17, 15) is 8.42 Å². The van der Waals surface area contributed by atoms with E-state index in [-0.39, 0.29) is 10.6 Å². The van der Waals surface area contributed by atoms with Gasteiger partial charge in [0, 0.05) is 6.20 Å². The highest BCUT2D eigenvalue weighted by atomic mass is 32.2. The Morgan fingerprint density at radius 2 is 1.90 bits per heavy atom. The van der Waals surface area contributed by atoms with Gasteiger partial charge in [-0.2, -0.15) is 10.5 Å². The summed E-state index contributed by atoms with van der Waals surface area (Å²) in [6.07, 6.45) is 1.12. The number of sulfonamides is 1. The van der Waals surface area contributed by atoms with Crippen molar-refractivity contribution in [1.29, 1.82) is 10.5 Å². The van der Waals surface area contributed by atoms with Crippen molar-refractivity contribution in [2.24, 2.45) is 0 Å². The fourth-order valence-corrected chi connectivity index (χ4v) is 2.68. The summed E-state index contributed by atoms with van der Waals surface area (Å²) in [5.74, 6) is 0. The Kier molecular flexibility index (Phi) is 3.88. The molecule has 104 valence electrons. The molecule has 2 rings (SSSR count). The van der Waals surface area contributed by atoms with E-state index in [0.29, 0.717) is 16.8 Å². The molecule has 0 aliphatic carbocycles. The maximum absolute atomic E-state index is 12.2. The summed E-state index contributed by atoms with van der Waals surface area (Å²) in [5.41, 5.74) is 1.52. The molecule has 21 heavy (non-hydrogen) atoms. The zero-order valence-corrected chi connectivity index (χ0v) is 11.8. The molecule has 0 saturated carbocycles. The normalized spacial score (nSPS) is 10.4. The second-order valence-corrected chi connectivity index (χ2v) is 5.92. The Morgan fingerprint density at radius 1 is 1.14 bits per heavy atom. The van der Waals surface area contributed by atoms with Gasteiger partial charge in [0.05, 0.1) is 17.3 Å². The average molecular weight is 298 g/mol. The van der Waals surface area contributed by atoms with Gasteiger partial charge in [0.15, 0.2) is 0 Å². The second kappa shape index (κ2) is 5.61. The topological polar surface area (TPSA) is 107 Å². The van der Waals surface area contributed by atoms with Crippen molar-refractivity contribution in [3.63, 3.8) is 0 Å². The summed E-state index contributed by atoms with van der Waals surface area (Å²) in [6, 6.07) is 11.1. The second-order valence-electron chi connectivity index (χ2n) is 4.24. The van der Waals surface area contributed by atoms with Crippen LogP contribution in [0.4, 0.5) is 5.69 Å². The van der Waals surface area contributed by atoms with Gasteiger partial charge in [-0.3, -0.25) is 4.72 Å². The van der Waals surface area contributed by atoms with Crippen LogP contribution < -0.4 is 4.72 Å². The molecule has 7 heteroatoms. The lowest BCUT2D eigenvalue weighted by Gasteiger charge is -2.10. The summed E-state index contributed by atoms with van der Waals surface area (Å²) in [6.45, 7) is 1.73. The summed E-state index contributed by atoms with van der Waals surface area (Å²) >= 11 is 0. The number of aryl methyl sites for hydroxylation is 1. The van der Waals surface area contributed by atoms with Crippen molar-refractivity contribution in [1.82, 2.24) is 4.98 Å². The van der Waals surface area contributed by atoms with E-state index in [1.807, 2.05) is 12.1 Å². The Bertz CT molecular complexity index is 859. The summed E-state index contributed by atoms with van der Waals surface area (Å²) in [7, 11) is -3.82. The lowest BCUT2D eigenvalue weighted by Crippen LogP contribution is -2.14. The number of aromatic nitrogens is 1. The van der Waals surface area contributed by atoms with Crippen molar-refractivity contribution < 1.29 is 8.42 Å². The average Bonchev–Trinajstić information content (AvgIpc) is 2.49. The summed E-state index contributed by atoms with van der Waals surface area (Å²) in [4.78, 5) is 3.68. The fraction of sp³-hybridized carbons (Fsp3) is 0.0714. The molecular weight excluding hydrogens is 288 g/mol. The quantitative estimate of drug-likeness (QED) is 0.931. The number of anilines is 1. The first kappa shape index (κ1) is 14.5. The fourth-order valence-electron chi connectivity index (χ4n) is 1.61. The van der Waals surface area contributed by atoms with Crippen molar-refractivity contribution in [2.75, 3.05) is 4.72 Å². The van der Waals surface area contributed by atoms with Crippen LogP contribution in [-0.2, 0) is 10.0 Å². The molecule has 1 aromatic carbocycles. The van der Waals surface area contributed by atoms with Gasteiger partial charge < -0.3 is 0 Å². The van der Waals surface area contributed by atoms with Crippen LogP contribution in [0.1, 0.15) is 16.8 Å². The predicted octanol–water partition coefficient (Wildman–Crippen LogP) is 1.93. The maximum Gasteiger partial charge on any atom is 0.263 e. The molecule has 0 radical (unpaired) electrons. The van der Waals surface area contributed by atoms with Crippen molar-refractivity contribution in [3.05, 3.63) is 53.3 Å². The lowest BCUT2D eigenvalue weighted by molar-refractivity contribution is 0.600. The number of pyridine rings is 1. The first-order valence-corrected chi connectivity index (χ1v) is 7.34. The Balaban J connectivity index is 2.37. The zero-order chi connectivity index (χ0) is 15.5. The highest BCUT2D eigenvalue weighted by Gasteiger charge is 2.16. The van der Waals surface area contributed by atoms with Crippen LogP contribution in [0.25, 0.3) is 0 Å². The van der Waals surface area contributed by atoms with Crippen LogP contribution in [-0.4, -0.2) is 13.4 Å². The van der Waals surface area contributed by atoms with E-state index < -0.39 is 10.0 Å². The largest absolute Gasteiger partial charge is 0.279 e. The molecular formula is C14H10N4O2S. The van der Waals surface area contributed by atoms with Crippen LogP contribution >= 0.6 is 0 Å². The molecule has 0 aliphatic heterocycles. The monoisotopic (exact) mass is 298 g/mol. The zero-order valence-electron chi connectivity index (χ0n) is 11.0. The Morgan fingerprint density at radius 3 is 2.48 bits per heavy atom. The number of hydrogen-bond acceptors (Lipinski definition) is 5. The molecule has 0 atom stereocenters. The van der Waals surface area contributed by atoms with Crippen LogP contribution in [0.5, 0.6) is 0 Å². The van der Waals surface area contributed by atoms with Gasteiger partial charge in [0.25, 0.3) is 10.0 Å². The van der Waals surface area contributed by atoms with E-state index in [1.54, 1.807) is 19.1 Å². The van der Waals surface area contributed by atoms with Crippen molar-refractivity contribution >= 4 is 15.7 Å². The molecule has 1 heterocycles. The maximum atomic E-state index is 12.2. The van der Waals surface area contributed by atoms with E-state index in [2.05, 4.69) is 9.71 Å². The van der Waals surface area contributed by atoms with Gasteiger partial charge in [-0.1, -0.05) is 6.07 Å². The predicted molar refractivity (Wildman–Crippen MR) is 75.7 cm³/mol. The summed E-state index contributed by atoms with van der Waals surface area (Å²) in [5, 5.41) is 17.5. The Hall–Kier alpha value is -2.90. The summed E-state index contributed by atoms with van der Waals surface area (Å²) < 4.78 is 26.9. The smallest absolute Gasteiger partial charge is 0.263 e. The number of rotatable bonds is 3. The molecule has 1 aromatic heterocycles. The van der Waals surface area contributed by atoms with Crippen LogP contribution in [0.2, 0.25) is 0 Å². The van der Waals surface area contributed by atoms with Crippen LogP contribution in [0, 0.1) is 29.6 Å². The molecule has 0 spiro atoms. The number of nitriles is 2. The minimum Gasteiger partial charge on any atom is -0.279 e. The van der Waals surface area contributed by atoms with Crippen LogP contribution in [0.15, 0.2) is 41.4 Å². The Labute approximate surface area is 122 Å². The SMILES string of the molecule is Cc1ccc(C#N)cc1NS(=O)(=O)c1ccc(C#N)nc1. The van der Waals surface area contributed by atoms with E-state index >= 15 is 0 Å². The van der Waals surface area contributed by atoms with Gasteiger partial charge >= 0.3 is 0 Å². The molecule has 1 N–H and O–H groups in total. The van der Waals surface area contributed by atoms with Gasteiger partial charge in [-0.05, 0) is 36.8 Å². The highest BCUT2D eigenvalue weighted by molar-refractivity contribution is 7.92. The minimum absolute atomic E-state index is 0.0525. The molecule has 0 unspecified atom stereocenters. The molecule has 2 aromatic rings. The van der Waals surface area contributed by atoms with Crippen LogP contribution in [0.3, 0.4) is 0 Å². The van der Waals surface area contributed by atoms with E-state index in [1.165, 1.54) is 18.2 Å². The first-order chi connectivity index (χ1) is 9.96. The molecule has 0 amide bonds. The molecule has 0 saturated heterocycles. The van der Waals surface area contributed by atoms with Gasteiger partial charge in [0.1, 0.15) is 16.7 Å². The van der Waals surface area contributed by atoms with Gasteiger partial charge in [0.2, 0.25) is 0 Å². The minimum atomic E-state index is -3.82. The molecule has 0 bridgehead atoms. The van der Waals surface area contributed by atoms with Crippen molar-refractivity contribution in [3.8, 4) is 12.1 Å². The number of nitrogens with zero attached hydrogens (tertiary/aromatic N) is 3. The number of benzene rings is 1. The number of hydrogen-bond donors (Lipinski definition) is 1. The number of nitrogens with one attached hydrogen (secondary N) is 1. The molecule has 6 nitrogen and oxygen atoms in total. The third kappa shape index (κ3) is 3.16.